The molecule has 1 aromatic heterocycles. The number of ether oxygens (including phenoxy) is 1. The van der Waals surface area contributed by atoms with Gasteiger partial charge < -0.3 is 15.0 Å². The molecule has 3 rings (SSSR count). The van der Waals surface area contributed by atoms with Gasteiger partial charge in [0.05, 0.1) is 30.8 Å². The third kappa shape index (κ3) is 1.99. The Balaban J connectivity index is 1.91. The van der Waals surface area contributed by atoms with E-state index in [2.05, 4.69) is 14.5 Å². The summed E-state index contributed by atoms with van der Waals surface area (Å²) in [5.74, 6) is 0. The number of rotatable bonds is 3. The minimum absolute atomic E-state index is 0.0970. The van der Waals surface area contributed by atoms with Crippen molar-refractivity contribution in [2.75, 3.05) is 19.7 Å². The molecule has 94 valence electrons. The van der Waals surface area contributed by atoms with Gasteiger partial charge in [0.15, 0.2) is 0 Å². The molecule has 17 heavy (non-hydrogen) atoms. The van der Waals surface area contributed by atoms with Crippen molar-refractivity contribution in [1.82, 2.24) is 14.5 Å². The van der Waals surface area contributed by atoms with Crippen LogP contribution in [0.5, 0.6) is 0 Å². The van der Waals surface area contributed by atoms with Crippen molar-refractivity contribution in [1.29, 1.82) is 0 Å². The van der Waals surface area contributed by atoms with Gasteiger partial charge in [-0.2, -0.15) is 0 Å². The fraction of sp³-hybridized carbons (Fsp3) is 0.750. The highest BCUT2D eigenvalue weighted by Crippen LogP contribution is 2.38. The van der Waals surface area contributed by atoms with Crippen molar-refractivity contribution >= 4 is 0 Å². The van der Waals surface area contributed by atoms with Gasteiger partial charge in [-0.15, -0.1) is 0 Å². The lowest BCUT2D eigenvalue weighted by atomic mass is 10.0. The maximum Gasteiger partial charge on any atom is 0.0946 e. The molecule has 2 atom stereocenters. The molecule has 0 bridgehead atoms. The molecule has 1 aliphatic heterocycles. The predicted octanol–water partition coefficient (Wildman–Crippen LogP) is 0.283. The predicted molar refractivity (Wildman–Crippen MR) is 64.5 cm³/mol. The summed E-state index contributed by atoms with van der Waals surface area (Å²) < 4.78 is 7.90. The Morgan fingerprint density at radius 1 is 1.53 bits per heavy atom. The monoisotopic (exact) mass is 236 g/mol. The molecular formula is C12H20N4O. The van der Waals surface area contributed by atoms with E-state index in [9.17, 15) is 0 Å². The Morgan fingerprint density at radius 2 is 2.35 bits per heavy atom. The van der Waals surface area contributed by atoms with Crippen LogP contribution in [0.1, 0.15) is 24.6 Å². The molecule has 1 aliphatic carbocycles. The van der Waals surface area contributed by atoms with E-state index >= 15 is 0 Å². The highest BCUT2D eigenvalue weighted by Gasteiger charge is 2.41. The van der Waals surface area contributed by atoms with Crippen LogP contribution < -0.4 is 5.73 Å². The molecule has 2 heterocycles. The first-order chi connectivity index (χ1) is 8.31. The van der Waals surface area contributed by atoms with Crippen LogP contribution in [0.15, 0.2) is 12.5 Å². The average Bonchev–Trinajstić information content (AvgIpc) is 3.11. The van der Waals surface area contributed by atoms with Crippen LogP contribution in [0.4, 0.5) is 0 Å². The van der Waals surface area contributed by atoms with Gasteiger partial charge in [0.2, 0.25) is 0 Å². The molecule has 1 saturated carbocycles. The van der Waals surface area contributed by atoms with Gasteiger partial charge in [-0.1, -0.05) is 0 Å². The third-order valence-corrected chi connectivity index (χ3v) is 3.80. The highest BCUT2D eigenvalue weighted by molar-refractivity contribution is 5.11. The van der Waals surface area contributed by atoms with Crippen LogP contribution >= 0.6 is 0 Å². The lowest BCUT2D eigenvalue weighted by Gasteiger charge is -2.41. The number of imidazole rings is 1. The molecule has 0 amide bonds. The molecule has 2 unspecified atom stereocenters. The lowest BCUT2D eigenvalue weighted by molar-refractivity contribution is -0.0734. The number of nitrogens with zero attached hydrogens (tertiary/aromatic N) is 3. The zero-order valence-corrected chi connectivity index (χ0v) is 10.2. The average molecular weight is 236 g/mol. The van der Waals surface area contributed by atoms with E-state index in [0.29, 0.717) is 6.54 Å². The van der Waals surface area contributed by atoms with E-state index in [0.717, 1.165) is 19.2 Å². The van der Waals surface area contributed by atoms with Crippen molar-refractivity contribution in [3.05, 3.63) is 18.2 Å². The Bertz CT molecular complexity index is 388. The summed E-state index contributed by atoms with van der Waals surface area (Å²) in [6, 6.07) is 1.00. The largest absolute Gasteiger partial charge is 0.374 e. The van der Waals surface area contributed by atoms with Gasteiger partial charge in [-0.3, -0.25) is 4.90 Å². The smallest absolute Gasteiger partial charge is 0.0946 e. The van der Waals surface area contributed by atoms with Crippen LogP contribution in [0.2, 0.25) is 0 Å². The first-order valence-corrected chi connectivity index (χ1v) is 6.35. The molecular weight excluding hydrogens is 216 g/mol. The molecule has 0 radical (unpaired) electrons. The van der Waals surface area contributed by atoms with Crippen LogP contribution in [0.3, 0.4) is 0 Å². The number of hydrogen-bond donors (Lipinski definition) is 1. The molecule has 1 aromatic rings. The summed E-state index contributed by atoms with van der Waals surface area (Å²) in [7, 11) is 2.04. The van der Waals surface area contributed by atoms with Gasteiger partial charge >= 0.3 is 0 Å². The molecule has 1 saturated heterocycles. The first-order valence-electron chi connectivity index (χ1n) is 6.35. The number of aryl methyl sites for hydroxylation is 1. The summed E-state index contributed by atoms with van der Waals surface area (Å²) in [5, 5.41) is 0. The van der Waals surface area contributed by atoms with Gasteiger partial charge in [-0.05, 0) is 12.8 Å². The van der Waals surface area contributed by atoms with Crippen LogP contribution in [-0.2, 0) is 11.8 Å². The van der Waals surface area contributed by atoms with Crippen molar-refractivity contribution in [2.24, 2.45) is 12.8 Å². The van der Waals surface area contributed by atoms with Crippen LogP contribution in [0.25, 0.3) is 0 Å². The Labute approximate surface area is 102 Å². The first kappa shape index (κ1) is 11.2. The summed E-state index contributed by atoms with van der Waals surface area (Å²) in [5.41, 5.74) is 7.07. The van der Waals surface area contributed by atoms with Crippen LogP contribution in [-0.4, -0.2) is 46.3 Å². The fourth-order valence-electron chi connectivity index (χ4n) is 2.78. The fourth-order valence-corrected chi connectivity index (χ4v) is 2.78. The minimum atomic E-state index is 0.0970. The van der Waals surface area contributed by atoms with Gasteiger partial charge in [0.25, 0.3) is 0 Å². The van der Waals surface area contributed by atoms with E-state index in [1.54, 1.807) is 0 Å². The second-order valence-electron chi connectivity index (χ2n) is 4.99. The Hall–Kier alpha value is -0.910. The van der Waals surface area contributed by atoms with Gasteiger partial charge in [0.1, 0.15) is 0 Å². The summed E-state index contributed by atoms with van der Waals surface area (Å²) in [6.07, 6.45) is 6.51. The van der Waals surface area contributed by atoms with E-state index in [1.807, 2.05) is 19.6 Å². The summed E-state index contributed by atoms with van der Waals surface area (Å²) in [6.45, 7) is 2.38. The minimum Gasteiger partial charge on any atom is -0.374 e. The summed E-state index contributed by atoms with van der Waals surface area (Å²) >= 11 is 0. The number of hydrogen-bond acceptors (Lipinski definition) is 4. The molecule has 2 N–H and O–H groups in total. The third-order valence-electron chi connectivity index (χ3n) is 3.80. The number of morpholine rings is 1. The zero-order chi connectivity index (χ0) is 11.8. The van der Waals surface area contributed by atoms with E-state index in [-0.39, 0.29) is 12.1 Å². The quantitative estimate of drug-likeness (QED) is 0.819. The second-order valence-corrected chi connectivity index (χ2v) is 4.99. The molecule has 0 spiro atoms. The van der Waals surface area contributed by atoms with Crippen molar-refractivity contribution in [2.45, 2.75) is 31.0 Å². The van der Waals surface area contributed by atoms with Gasteiger partial charge in [-0.25, -0.2) is 4.98 Å². The molecule has 5 heteroatoms. The SMILES string of the molecule is Cn1cncc1C1C(CN)OCCN1C1CC1. The summed E-state index contributed by atoms with van der Waals surface area (Å²) in [4.78, 5) is 6.77. The molecule has 0 aromatic carbocycles. The van der Waals surface area contributed by atoms with Crippen LogP contribution in [0, 0.1) is 0 Å². The van der Waals surface area contributed by atoms with E-state index in [1.165, 1.54) is 18.5 Å². The van der Waals surface area contributed by atoms with Gasteiger partial charge in [0, 0.05) is 32.4 Å². The van der Waals surface area contributed by atoms with E-state index < -0.39 is 0 Å². The maximum absolute atomic E-state index is 5.85. The normalized spacial score (nSPS) is 30.7. The highest BCUT2D eigenvalue weighted by atomic mass is 16.5. The topological polar surface area (TPSA) is 56.3 Å². The van der Waals surface area contributed by atoms with Crippen molar-refractivity contribution < 1.29 is 4.74 Å². The lowest BCUT2D eigenvalue weighted by Crippen LogP contribution is -2.49. The second kappa shape index (κ2) is 4.40. The number of nitrogens with two attached hydrogens (primary N) is 1. The molecule has 2 fully saturated rings. The van der Waals surface area contributed by atoms with Crippen molar-refractivity contribution in [3.8, 4) is 0 Å². The maximum atomic E-state index is 5.85. The Morgan fingerprint density at radius 3 is 2.94 bits per heavy atom. The molecule has 5 nitrogen and oxygen atoms in total. The Kier molecular flexibility index (Phi) is 2.90. The van der Waals surface area contributed by atoms with Crippen molar-refractivity contribution in [3.63, 3.8) is 0 Å². The zero-order valence-electron chi connectivity index (χ0n) is 10.2. The van der Waals surface area contributed by atoms with E-state index in [4.69, 9.17) is 10.5 Å². The standard InChI is InChI=1S/C12H20N4O/c1-15-8-14-7-10(15)12-11(6-13)17-5-4-16(12)9-2-3-9/h7-9,11-12H,2-6,13H2,1H3. The number of aromatic nitrogens is 2. The molecule has 2 aliphatic rings.